The van der Waals surface area contributed by atoms with Crippen molar-refractivity contribution in [2.45, 2.75) is 19.4 Å². The number of ether oxygens (including phenoxy) is 1. The fourth-order valence-electron chi connectivity index (χ4n) is 3.63. The maximum atomic E-state index is 13.3. The van der Waals surface area contributed by atoms with Crippen LogP contribution in [-0.2, 0) is 0 Å². The van der Waals surface area contributed by atoms with E-state index in [1.807, 2.05) is 73.7 Å². The van der Waals surface area contributed by atoms with Gasteiger partial charge in [0.15, 0.2) is 5.78 Å². The summed E-state index contributed by atoms with van der Waals surface area (Å²) in [6.45, 7) is 2.53. The SMILES string of the molecule is CCOc1ccc(C(CC(=O)c2ccc3ccccc3c2)Nc2ccc(F)cc2)cc1. The first-order chi connectivity index (χ1) is 15.1. The molecule has 0 fully saturated rings. The number of carbonyl (C=O) groups excluding carboxylic acids is 1. The van der Waals surface area contributed by atoms with Gasteiger partial charge in [-0.2, -0.15) is 0 Å². The minimum Gasteiger partial charge on any atom is -0.494 e. The van der Waals surface area contributed by atoms with Gasteiger partial charge in [-0.3, -0.25) is 4.79 Å². The molecule has 0 bridgehead atoms. The molecule has 0 aliphatic rings. The maximum Gasteiger partial charge on any atom is 0.165 e. The number of hydrogen-bond acceptors (Lipinski definition) is 3. The van der Waals surface area contributed by atoms with Crippen molar-refractivity contribution in [2.75, 3.05) is 11.9 Å². The first kappa shape index (κ1) is 20.6. The van der Waals surface area contributed by atoms with E-state index < -0.39 is 0 Å². The highest BCUT2D eigenvalue weighted by molar-refractivity contribution is 6.00. The number of Topliss-reactive ketones (excluding diaryl/α,β-unsaturated/α-hetero) is 1. The van der Waals surface area contributed by atoms with Crippen LogP contribution in [0.2, 0.25) is 0 Å². The summed E-state index contributed by atoms with van der Waals surface area (Å²) in [5, 5.41) is 5.53. The largest absolute Gasteiger partial charge is 0.494 e. The number of hydrogen-bond donors (Lipinski definition) is 1. The summed E-state index contributed by atoms with van der Waals surface area (Å²) in [4.78, 5) is 13.2. The zero-order chi connectivity index (χ0) is 21.6. The van der Waals surface area contributed by atoms with Gasteiger partial charge >= 0.3 is 0 Å². The fourth-order valence-corrected chi connectivity index (χ4v) is 3.63. The standard InChI is InChI=1S/C27H24FNO2/c1-2-31-25-15-9-20(10-16-25)26(29-24-13-11-23(28)12-14-24)18-27(30)22-8-7-19-5-3-4-6-21(19)17-22/h3-17,26,29H,2,18H2,1H3. The van der Waals surface area contributed by atoms with Crippen LogP contribution in [0.5, 0.6) is 5.75 Å². The predicted molar refractivity (Wildman–Crippen MR) is 123 cm³/mol. The number of fused-ring (bicyclic) bond motifs is 1. The highest BCUT2D eigenvalue weighted by Crippen LogP contribution is 2.27. The molecule has 4 heteroatoms. The van der Waals surface area contributed by atoms with E-state index in [9.17, 15) is 9.18 Å². The van der Waals surface area contributed by atoms with Crippen LogP contribution in [0.1, 0.15) is 35.3 Å². The minimum atomic E-state index is -0.296. The van der Waals surface area contributed by atoms with Gasteiger partial charge in [-0.05, 0) is 65.7 Å². The molecule has 0 aliphatic heterocycles. The molecule has 0 amide bonds. The van der Waals surface area contributed by atoms with Gasteiger partial charge in [-0.15, -0.1) is 0 Å². The highest BCUT2D eigenvalue weighted by Gasteiger charge is 2.18. The summed E-state index contributed by atoms with van der Waals surface area (Å²) in [6.07, 6.45) is 0.268. The molecule has 4 rings (SSSR count). The Morgan fingerprint density at radius 3 is 2.32 bits per heavy atom. The van der Waals surface area contributed by atoms with Crippen molar-refractivity contribution in [2.24, 2.45) is 0 Å². The molecule has 1 N–H and O–H groups in total. The highest BCUT2D eigenvalue weighted by atomic mass is 19.1. The maximum absolute atomic E-state index is 13.3. The number of carbonyl (C=O) groups is 1. The fraction of sp³-hybridized carbons (Fsp3) is 0.148. The second-order valence-electron chi connectivity index (χ2n) is 7.40. The molecule has 156 valence electrons. The molecule has 4 aromatic rings. The van der Waals surface area contributed by atoms with Crippen molar-refractivity contribution >= 4 is 22.2 Å². The molecular formula is C27H24FNO2. The van der Waals surface area contributed by atoms with Crippen molar-refractivity contribution in [1.82, 2.24) is 0 Å². The van der Waals surface area contributed by atoms with Gasteiger partial charge in [0.1, 0.15) is 11.6 Å². The summed E-state index contributed by atoms with van der Waals surface area (Å²) in [7, 11) is 0. The minimum absolute atomic E-state index is 0.0410. The molecular weight excluding hydrogens is 389 g/mol. The molecule has 1 unspecified atom stereocenters. The van der Waals surface area contributed by atoms with Gasteiger partial charge in [0.2, 0.25) is 0 Å². The van der Waals surface area contributed by atoms with Crippen LogP contribution >= 0.6 is 0 Å². The van der Waals surface area contributed by atoms with Gasteiger partial charge < -0.3 is 10.1 Å². The monoisotopic (exact) mass is 413 g/mol. The molecule has 0 saturated carbocycles. The van der Waals surface area contributed by atoms with E-state index in [-0.39, 0.29) is 24.1 Å². The van der Waals surface area contributed by atoms with Crippen molar-refractivity contribution in [3.63, 3.8) is 0 Å². The van der Waals surface area contributed by atoms with Crippen LogP contribution in [0, 0.1) is 5.82 Å². The lowest BCUT2D eigenvalue weighted by Crippen LogP contribution is -2.16. The third-order valence-electron chi connectivity index (χ3n) is 5.24. The third kappa shape index (κ3) is 5.10. The molecule has 0 aliphatic carbocycles. The second-order valence-corrected chi connectivity index (χ2v) is 7.40. The molecule has 0 saturated heterocycles. The van der Waals surface area contributed by atoms with E-state index in [4.69, 9.17) is 4.74 Å². The third-order valence-corrected chi connectivity index (χ3v) is 5.24. The topological polar surface area (TPSA) is 38.3 Å². The molecule has 1 atom stereocenters. The average Bonchev–Trinajstić information content (AvgIpc) is 2.80. The molecule has 31 heavy (non-hydrogen) atoms. The summed E-state index contributed by atoms with van der Waals surface area (Å²) in [5.74, 6) is 0.530. The predicted octanol–water partition coefficient (Wildman–Crippen LogP) is 6.80. The smallest absolute Gasteiger partial charge is 0.165 e. The lowest BCUT2D eigenvalue weighted by Gasteiger charge is -2.20. The summed E-state index contributed by atoms with van der Waals surface area (Å²) in [5.41, 5.74) is 2.39. The normalized spacial score (nSPS) is 11.8. The number of benzene rings is 4. The lowest BCUT2D eigenvalue weighted by atomic mass is 9.96. The molecule has 0 heterocycles. The zero-order valence-electron chi connectivity index (χ0n) is 17.3. The van der Waals surface area contributed by atoms with Gasteiger partial charge in [0, 0.05) is 17.7 Å². The second kappa shape index (κ2) is 9.43. The first-order valence-corrected chi connectivity index (χ1v) is 10.4. The van der Waals surface area contributed by atoms with Gasteiger partial charge in [0.25, 0.3) is 0 Å². The van der Waals surface area contributed by atoms with Crippen molar-refractivity contribution in [1.29, 1.82) is 0 Å². The van der Waals surface area contributed by atoms with Crippen LogP contribution in [0.25, 0.3) is 10.8 Å². The molecule has 0 aromatic heterocycles. The lowest BCUT2D eigenvalue weighted by molar-refractivity contribution is 0.0976. The quantitative estimate of drug-likeness (QED) is 0.323. The van der Waals surface area contributed by atoms with Crippen LogP contribution in [-0.4, -0.2) is 12.4 Å². The van der Waals surface area contributed by atoms with Crippen LogP contribution < -0.4 is 10.1 Å². The number of rotatable bonds is 8. The Bertz CT molecular complexity index is 1170. The molecule has 4 aromatic carbocycles. The number of halogens is 1. The summed E-state index contributed by atoms with van der Waals surface area (Å²) >= 11 is 0. The van der Waals surface area contributed by atoms with Crippen LogP contribution in [0.3, 0.4) is 0 Å². The van der Waals surface area contributed by atoms with E-state index in [1.165, 1.54) is 12.1 Å². The van der Waals surface area contributed by atoms with Crippen molar-refractivity contribution < 1.29 is 13.9 Å². The Hall–Kier alpha value is -3.66. The van der Waals surface area contributed by atoms with E-state index in [2.05, 4.69) is 5.32 Å². The van der Waals surface area contributed by atoms with E-state index in [1.54, 1.807) is 12.1 Å². The van der Waals surface area contributed by atoms with E-state index in [0.717, 1.165) is 27.8 Å². The first-order valence-electron chi connectivity index (χ1n) is 10.4. The molecule has 0 spiro atoms. The number of nitrogens with one attached hydrogen (secondary N) is 1. The Labute approximate surface area is 181 Å². The van der Waals surface area contributed by atoms with Gasteiger partial charge in [-0.1, -0.05) is 48.5 Å². The van der Waals surface area contributed by atoms with Gasteiger partial charge in [-0.25, -0.2) is 4.39 Å². The van der Waals surface area contributed by atoms with Crippen LogP contribution in [0.4, 0.5) is 10.1 Å². The number of anilines is 1. The Kier molecular flexibility index (Phi) is 6.27. The van der Waals surface area contributed by atoms with Crippen LogP contribution in [0.15, 0.2) is 91.0 Å². The van der Waals surface area contributed by atoms with Crippen molar-refractivity contribution in [3.8, 4) is 5.75 Å². The number of ketones is 1. The molecule has 0 radical (unpaired) electrons. The zero-order valence-corrected chi connectivity index (χ0v) is 17.3. The average molecular weight is 413 g/mol. The van der Waals surface area contributed by atoms with Crippen molar-refractivity contribution in [3.05, 3.63) is 108 Å². The van der Waals surface area contributed by atoms with E-state index >= 15 is 0 Å². The summed E-state index contributed by atoms with van der Waals surface area (Å²) < 4.78 is 18.9. The Balaban J connectivity index is 1.60. The molecule has 3 nitrogen and oxygen atoms in total. The summed E-state index contributed by atoms with van der Waals surface area (Å²) in [6, 6.07) is 27.4. The van der Waals surface area contributed by atoms with Gasteiger partial charge in [0.05, 0.1) is 12.6 Å². The van der Waals surface area contributed by atoms with E-state index in [0.29, 0.717) is 12.2 Å². The Morgan fingerprint density at radius 1 is 0.903 bits per heavy atom. The Morgan fingerprint density at radius 2 is 1.61 bits per heavy atom.